The Morgan fingerprint density at radius 1 is 1.28 bits per heavy atom. The highest BCUT2D eigenvalue weighted by molar-refractivity contribution is 7.10. The van der Waals surface area contributed by atoms with Crippen molar-refractivity contribution in [3.63, 3.8) is 0 Å². The number of hydrogen-bond acceptors (Lipinski definition) is 5. The van der Waals surface area contributed by atoms with Crippen molar-refractivity contribution in [1.29, 1.82) is 0 Å². The fourth-order valence-electron chi connectivity index (χ4n) is 4.11. The predicted molar refractivity (Wildman–Crippen MR) is 113 cm³/mol. The van der Waals surface area contributed by atoms with Gasteiger partial charge in [0, 0.05) is 23.4 Å². The Bertz CT molecular complexity index is 963. The second kappa shape index (κ2) is 8.03. The Morgan fingerprint density at radius 2 is 2.10 bits per heavy atom. The van der Waals surface area contributed by atoms with E-state index in [9.17, 15) is 14.7 Å². The summed E-state index contributed by atoms with van der Waals surface area (Å²) in [7, 11) is 0. The van der Waals surface area contributed by atoms with Gasteiger partial charge >= 0.3 is 0 Å². The first-order valence-corrected chi connectivity index (χ1v) is 11.0. The SMILES string of the molecule is CCCCCN1C(=O)C(=O)/C(=C(\O)c2ccc3c(c2)CC(C)O3)C1c1cccs1. The predicted octanol–water partition coefficient (Wildman–Crippen LogP) is 4.68. The number of carbonyl (C=O) groups excluding carboxylic acids is 2. The lowest BCUT2D eigenvalue weighted by Crippen LogP contribution is -2.30. The average molecular weight is 412 g/mol. The molecule has 2 atom stereocenters. The summed E-state index contributed by atoms with van der Waals surface area (Å²) in [6.07, 6.45) is 3.71. The molecule has 0 spiro atoms. The molecule has 5 nitrogen and oxygen atoms in total. The number of ether oxygens (including phenoxy) is 1. The lowest BCUT2D eigenvalue weighted by Gasteiger charge is -2.24. The van der Waals surface area contributed by atoms with Gasteiger partial charge in [0.25, 0.3) is 11.7 Å². The first-order chi connectivity index (χ1) is 14.0. The van der Waals surface area contributed by atoms with Crippen molar-refractivity contribution in [3.05, 3.63) is 57.3 Å². The molecule has 1 saturated heterocycles. The molecule has 0 aliphatic carbocycles. The first-order valence-electron chi connectivity index (χ1n) is 10.1. The molecule has 29 heavy (non-hydrogen) atoms. The van der Waals surface area contributed by atoms with Crippen LogP contribution in [0.5, 0.6) is 5.75 Å². The van der Waals surface area contributed by atoms with Crippen molar-refractivity contribution in [2.24, 2.45) is 0 Å². The molecule has 0 radical (unpaired) electrons. The molecule has 2 aliphatic heterocycles. The van der Waals surface area contributed by atoms with Gasteiger partial charge in [-0.3, -0.25) is 9.59 Å². The molecule has 2 aliphatic rings. The highest BCUT2D eigenvalue weighted by Crippen LogP contribution is 2.42. The largest absolute Gasteiger partial charge is 0.507 e. The lowest BCUT2D eigenvalue weighted by molar-refractivity contribution is -0.139. The van der Waals surface area contributed by atoms with Gasteiger partial charge in [0.15, 0.2) is 0 Å². The number of benzene rings is 1. The fraction of sp³-hybridized carbons (Fsp3) is 0.391. The zero-order chi connectivity index (χ0) is 20.5. The van der Waals surface area contributed by atoms with E-state index in [0.29, 0.717) is 12.1 Å². The van der Waals surface area contributed by atoms with E-state index < -0.39 is 17.7 Å². The van der Waals surface area contributed by atoms with Gasteiger partial charge in [0.05, 0.1) is 11.6 Å². The van der Waals surface area contributed by atoms with Crippen LogP contribution in [0, 0.1) is 0 Å². The Balaban J connectivity index is 1.76. The number of hydrogen-bond donors (Lipinski definition) is 1. The smallest absolute Gasteiger partial charge is 0.295 e. The number of aliphatic hydroxyl groups is 1. The molecule has 152 valence electrons. The normalized spacial score (nSPS) is 22.8. The summed E-state index contributed by atoms with van der Waals surface area (Å²) in [6.45, 7) is 4.61. The second-order valence-corrected chi connectivity index (χ2v) is 8.65. The highest BCUT2D eigenvalue weighted by Gasteiger charge is 2.46. The molecule has 6 heteroatoms. The minimum atomic E-state index is -0.609. The first kappa shape index (κ1) is 19.7. The summed E-state index contributed by atoms with van der Waals surface area (Å²) in [6, 6.07) is 8.73. The summed E-state index contributed by atoms with van der Waals surface area (Å²) in [5.41, 5.74) is 1.74. The second-order valence-electron chi connectivity index (χ2n) is 7.67. The van der Waals surface area contributed by atoms with Crippen LogP contribution in [-0.2, 0) is 16.0 Å². The number of ketones is 1. The molecule has 2 aromatic rings. The molecule has 4 rings (SSSR count). The van der Waals surface area contributed by atoms with E-state index >= 15 is 0 Å². The lowest BCUT2D eigenvalue weighted by atomic mass is 9.98. The van der Waals surface area contributed by atoms with E-state index in [1.165, 1.54) is 11.3 Å². The summed E-state index contributed by atoms with van der Waals surface area (Å²) in [5.74, 6) is -0.437. The maximum atomic E-state index is 12.9. The van der Waals surface area contributed by atoms with Gasteiger partial charge in [-0.25, -0.2) is 0 Å². The number of unbranched alkanes of at least 4 members (excludes halogenated alkanes) is 2. The van der Waals surface area contributed by atoms with Crippen LogP contribution < -0.4 is 4.74 Å². The van der Waals surface area contributed by atoms with Gasteiger partial charge < -0.3 is 14.7 Å². The molecule has 3 heterocycles. The van der Waals surface area contributed by atoms with Gasteiger partial charge in [-0.1, -0.05) is 25.8 Å². The number of nitrogens with zero attached hydrogens (tertiary/aromatic N) is 1. The van der Waals surface area contributed by atoms with Crippen molar-refractivity contribution in [2.45, 2.75) is 51.7 Å². The molecule has 0 bridgehead atoms. The van der Waals surface area contributed by atoms with Crippen molar-refractivity contribution in [1.82, 2.24) is 4.90 Å². The van der Waals surface area contributed by atoms with Gasteiger partial charge in [-0.15, -0.1) is 11.3 Å². The zero-order valence-corrected chi connectivity index (χ0v) is 17.5. The molecular formula is C23H25NO4S. The van der Waals surface area contributed by atoms with Crippen LogP contribution in [0.1, 0.15) is 55.2 Å². The Morgan fingerprint density at radius 3 is 2.83 bits per heavy atom. The van der Waals surface area contributed by atoms with Crippen LogP contribution in [0.4, 0.5) is 0 Å². The average Bonchev–Trinajstić information content (AvgIpc) is 3.41. The van der Waals surface area contributed by atoms with Crippen molar-refractivity contribution in [2.75, 3.05) is 6.54 Å². The summed E-state index contributed by atoms with van der Waals surface area (Å²) < 4.78 is 5.73. The maximum absolute atomic E-state index is 12.9. The van der Waals surface area contributed by atoms with E-state index in [1.54, 1.807) is 11.0 Å². The van der Waals surface area contributed by atoms with Crippen molar-refractivity contribution >= 4 is 28.8 Å². The minimum Gasteiger partial charge on any atom is -0.507 e. The number of carbonyl (C=O) groups is 2. The van der Waals surface area contributed by atoms with Gasteiger partial charge in [0.2, 0.25) is 0 Å². The molecular weight excluding hydrogens is 386 g/mol. The number of likely N-dealkylation sites (tertiary alicyclic amines) is 1. The molecule has 1 amide bonds. The number of thiophene rings is 1. The Kier molecular flexibility index (Phi) is 5.46. The van der Waals surface area contributed by atoms with Gasteiger partial charge in [-0.05, 0) is 48.6 Å². The minimum absolute atomic E-state index is 0.0951. The van der Waals surface area contributed by atoms with Crippen LogP contribution in [0.3, 0.4) is 0 Å². The van der Waals surface area contributed by atoms with E-state index in [-0.39, 0.29) is 17.4 Å². The van der Waals surface area contributed by atoms with Crippen LogP contribution in [0.15, 0.2) is 41.3 Å². The molecule has 2 unspecified atom stereocenters. The van der Waals surface area contributed by atoms with Crippen LogP contribution in [0.2, 0.25) is 0 Å². The number of amides is 1. The van der Waals surface area contributed by atoms with Gasteiger partial charge in [0.1, 0.15) is 17.6 Å². The molecule has 1 N–H and O–H groups in total. The van der Waals surface area contributed by atoms with Crippen LogP contribution in [0.25, 0.3) is 5.76 Å². The summed E-state index contributed by atoms with van der Waals surface area (Å²) in [5, 5.41) is 13.0. The third-order valence-electron chi connectivity index (χ3n) is 5.52. The number of aliphatic hydroxyl groups excluding tert-OH is 1. The Hall–Kier alpha value is -2.60. The third kappa shape index (κ3) is 3.57. The molecule has 1 aromatic heterocycles. The highest BCUT2D eigenvalue weighted by atomic mass is 32.1. The Labute approximate surface area is 174 Å². The summed E-state index contributed by atoms with van der Waals surface area (Å²) >= 11 is 1.49. The number of fused-ring (bicyclic) bond motifs is 1. The van der Waals surface area contributed by atoms with E-state index in [4.69, 9.17) is 4.74 Å². The van der Waals surface area contributed by atoms with E-state index in [0.717, 1.165) is 41.9 Å². The van der Waals surface area contributed by atoms with Crippen LogP contribution >= 0.6 is 11.3 Å². The zero-order valence-electron chi connectivity index (χ0n) is 16.7. The van der Waals surface area contributed by atoms with Gasteiger partial charge in [-0.2, -0.15) is 0 Å². The molecule has 0 saturated carbocycles. The fourth-order valence-corrected chi connectivity index (χ4v) is 4.96. The number of rotatable bonds is 6. The monoisotopic (exact) mass is 411 g/mol. The topological polar surface area (TPSA) is 66.8 Å². The van der Waals surface area contributed by atoms with Crippen molar-refractivity contribution < 1.29 is 19.4 Å². The van der Waals surface area contributed by atoms with E-state index in [2.05, 4.69) is 6.92 Å². The quantitative estimate of drug-likeness (QED) is 0.324. The van der Waals surface area contributed by atoms with E-state index in [1.807, 2.05) is 36.6 Å². The van der Waals surface area contributed by atoms with Crippen molar-refractivity contribution in [3.8, 4) is 5.75 Å². The standard InChI is InChI=1S/C23H25NO4S/c1-3-4-5-10-24-20(18-7-6-11-29-18)19(22(26)23(24)27)21(25)15-8-9-17-16(13-15)12-14(2)28-17/h6-9,11,13-14,20,25H,3-5,10,12H2,1-2H3/b21-19-. The molecule has 1 fully saturated rings. The maximum Gasteiger partial charge on any atom is 0.295 e. The molecule has 1 aromatic carbocycles. The summed E-state index contributed by atoms with van der Waals surface area (Å²) in [4.78, 5) is 28.2. The van der Waals surface area contributed by atoms with Crippen LogP contribution in [-0.4, -0.2) is 34.3 Å². The third-order valence-corrected chi connectivity index (χ3v) is 6.45. The number of Topliss-reactive ketones (excluding diaryl/α,β-unsaturated/α-hetero) is 1.